The van der Waals surface area contributed by atoms with Crippen LogP contribution in [0.1, 0.15) is 5.56 Å². The Hall–Kier alpha value is -1.97. The maximum Gasteiger partial charge on any atom is 0.173 e. The zero-order valence-electron chi connectivity index (χ0n) is 6.77. The molecule has 0 unspecified atom stereocenters. The van der Waals surface area contributed by atoms with E-state index < -0.39 is 0 Å². The quantitative estimate of drug-likeness (QED) is 0.299. The molecule has 0 bridgehead atoms. The molecule has 2 rings (SSSR count). The van der Waals surface area contributed by atoms with Crippen LogP contribution in [-0.2, 0) is 0 Å². The number of amidine groups is 1. The lowest BCUT2D eigenvalue weighted by Gasteiger charge is -1.92. The van der Waals surface area contributed by atoms with Crippen molar-refractivity contribution in [2.45, 2.75) is 0 Å². The van der Waals surface area contributed by atoms with Crippen molar-refractivity contribution in [1.29, 1.82) is 0 Å². The van der Waals surface area contributed by atoms with E-state index in [4.69, 9.17) is 15.4 Å². The number of hydrogen-bond acceptors (Lipinski definition) is 3. The maximum atomic E-state index is 8.49. The van der Waals surface area contributed by atoms with E-state index in [9.17, 15) is 0 Å². The monoisotopic (exact) mass is 176 g/mol. The van der Waals surface area contributed by atoms with Gasteiger partial charge in [-0.3, -0.25) is 0 Å². The van der Waals surface area contributed by atoms with E-state index in [0.717, 1.165) is 11.0 Å². The number of fused-ring (bicyclic) bond motifs is 1. The molecule has 1 aromatic carbocycles. The van der Waals surface area contributed by atoms with Gasteiger partial charge in [0.2, 0.25) is 0 Å². The lowest BCUT2D eigenvalue weighted by atomic mass is 10.2. The van der Waals surface area contributed by atoms with E-state index in [1.807, 2.05) is 24.3 Å². The molecule has 0 amide bonds. The fraction of sp³-hybridized carbons (Fsp3) is 0. The predicted octanol–water partition coefficient (Wildman–Crippen LogP) is 1.53. The van der Waals surface area contributed by atoms with Crippen molar-refractivity contribution in [2.75, 3.05) is 0 Å². The van der Waals surface area contributed by atoms with Gasteiger partial charge in [-0.2, -0.15) is 0 Å². The molecule has 0 aliphatic rings. The topological polar surface area (TPSA) is 71.8 Å². The summed E-state index contributed by atoms with van der Waals surface area (Å²) in [5, 5.41) is 12.2. The van der Waals surface area contributed by atoms with Gasteiger partial charge in [0.25, 0.3) is 0 Å². The minimum atomic E-state index is 0.0601. The fourth-order valence-electron chi connectivity index (χ4n) is 1.23. The van der Waals surface area contributed by atoms with Gasteiger partial charge in [0, 0.05) is 5.39 Å². The number of oxime groups is 1. The first-order valence-electron chi connectivity index (χ1n) is 3.77. The minimum Gasteiger partial charge on any atom is -0.464 e. The highest BCUT2D eigenvalue weighted by Gasteiger charge is 2.07. The van der Waals surface area contributed by atoms with Gasteiger partial charge in [-0.05, 0) is 6.07 Å². The van der Waals surface area contributed by atoms with E-state index >= 15 is 0 Å². The number of furan rings is 1. The second-order valence-electron chi connectivity index (χ2n) is 2.63. The first-order valence-corrected chi connectivity index (χ1v) is 3.77. The molecular weight excluding hydrogens is 168 g/mol. The Morgan fingerprint density at radius 1 is 1.38 bits per heavy atom. The Balaban J connectivity index is 2.71. The Morgan fingerprint density at radius 2 is 2.15 bits per heavy atom. The Morgan fingerprint density at radius 3 is 2.92 bits per heavy atom. The van der Waals surface area contributed by atoms with E-state index in [2.05, 4.69) is 5.16 Å². The van der Waals surface area contributed by atoms with Gasteiger partial charge in [-0.1, -0.05) is 23.4 Å². The molecule has 0 radical (unpaired) electrons. The van der Waals surface area contributed by atoms with E-state index in [1.165, 1.54) is 6.26 Å². The number of hydrogen-bond donors (Lipinski definition) is 2. The summed E-state index contributed by atoms with van der Waals surface area (Å²) in [4.78, 5) is 0. The van der Waals surface area contributed by atoms with Crippen LogP contribution in [0, 0.1) is 0 Å². The third-order valence-electron chi connectivity index (χ3n) is 1.86. The van der Waals surface area contributed by atoms with Gasteiger partial charge < -0.3 is 15.4 Å². The summed E-state index contributed by atoms with van der Waals surface area (Å²) in [5.74, 6) is 0.0601. The van der Waals surface area contributed by atoms with Crippen molar-refractivity contribution in [3.8, 4) is 0 Å². The number of benzene rings is 1. The molecule has 13 heavy (non-hydrogen) atoms. The largest absolute Gasteiger partial charge is 0.464 e. The summed E-state index contributed by atoms with van der Waals surface area (Å²) >= 11 is 0. The number of rotatable bonds is 1. The third-order valence-corrected chi connectivity index (χ3v) is 1.86. The van der Waals surface area contributed by atoms with Crippen molar-refractivity contribution in [3.63, 3.8) is 0 Å². The standard InChI is InChI=1S/C9H8N2O2/c10-9(11-12)7-5-13-8-4-2-1-3-6(7)8/h1-5,12H,(H2,10,11). The molecular formula is C9H8N2O2. The first-order chi connectivity index (χ1) is 6.33. The number of para-hydroxylation sites is 1. The Labute approximate surface area is 74.3 Å². The predicted molar refractivity (Wildman–Crippen MR) is 48.7 cm³/mol. The summed E-state index contributed by atoms with van der Waals surface area (Å²) in [5.41, 5.74) is 6.78. The lowest BCUT2D eigenvalue weighted by molar-refractivity contribution is 0.318. The van der Waals surface area contributed by atoms with Crippen LogP contribution in [0.15, 0.2) is 40.1 Å². The van der Waals surface area contributed by atoms with Gasteiger partial charge in [-0.25, -0.2) is 0 Å². The molecule has 0 saturated carbocycles. The van der Waals surface area contributed by atoms with E-state index in [-0.39, 0.29) is 5.84 Å². The summed E-state index contributed by atoms with van der Waals surface area (Å²) in [7, 11) is 0. The average Bonchev–Trinajstić information content (AvgIpc) is 2.60. The van der Waals surface area contributed by atoms with E-state index in [1.54, 1.807) is 0 Å². The van der Waals surface area contributed by atoms with Gasteiger partial charge in [0.15, 0.2) is 5.84 Å². The Kier molecular flexibility index (Phi) is 1.66. The summed E-state index contributed by atoms with van der Waals surface area (Å²) < 4.78 is 5.20. The van der Waals surface area contributed by atoms with Crippen LogP contribution in [0.4, 0.5) is 0 Å². The normalized spacial score (nSPS) is 12.2. The second-order valence-corrected chi connectivity index (χ2v) is 2.63. The Bertz CT molecular complexity index is 459. The zero-order chi connectivity index (χ0) is 9.26. The smallest absolute Gasteiger partial charge is 0.173 e. The average molecular weight is 176 g/mol. The van der Waals surface area contributed by atoms with Crippen LogP contribution in [0.3, 0.4) is 0 Å². The molecule has 2 aromatic rings. The lowest BCUT2D eigenvalue weighted by Crippen LogP contribution is -2.12. The molecule has 0 saturated heterocycles. The van der Waals surface area contributed by atoms with Crippen LogP contribution < -0.4 is 5.73 Å². The maximum absolute atomic E-state index is 8.49. The summed E-state index contributed by atoms with van der Waals surface area (Å²) in [6.45, 7) is 0. The highest BCUT2D eigenvalue weighted by Crippen LogP contribution is 2.19. The molecule has 1 aromatic heterocycles. The highest BCUT2D eigenvalue weighted by molar-refractivity contribution is 6.07. The van der Waals surface area contributed by atoms with Gasteiger partial charge in [0.1, 0.15) is 11.8 Å². The van der Waals surface area contributed by atoms with Crippen molar-refractivity contribution in [2.24, 2.45) is 10.9 Å². The van der Waals surface area contributed by atoms with Crippen molar-refractivity contribution in [3.05, 3.63) is 36.1 Å². The first kappa shape index (κ1) is 7.67. The van der Waals surface area contributed by atoms with Gasteiger partial charge in [-0.15, -0.1) is 0 Å². The molecule has 0 aliphatic heterocycles. The molecule has 4 nitrogen and oxygen atoms in total. The van der Waals surface area contributed by atoms with Gasteiger partial charge >= 0.3 is 0 Å². The molecule has 0 fully saturated rings. The molecule has 1 heterocycles. The molecule has 66 valence electrons. The van der Waals surface area contributed by atoms with Crippen LogP contribution in [0.2, 0.25) is 0 Å². The van der Waals surface area contributed by atoms with Crippen LogP contribution in [0.25, 0.3) is 11.0 Å². The zero-order valence-corrected chi connectivity index (χ0v) is 6.77. The fourth-order valence-corrected chi connectivity index (χ4v) is 1.23. The molecule has 0 spiro atoms. The highest BCUT2D eigenvalue weighted by atomic mass is 16.4. The molecule has 3 N–H and O–H groups in total. The third kappa shape index (κ3) is 1.12. The minimum absolute atomic E-state index is 0.0601. The number of nitrogens with two attached hydrogens (primary N) is 1. The molecule has 4 heteroatoms. The van der Waals surface area contributed by atoms with Crippen molar-refractivity contribution < 1.29 is 9.62 Å². The van der Waals surface area contributed by atoms with Crippen molar-refractivity contribution >= 4 is 16.8 Å². The molecule has 0 aliphatic carbocycles. The summed E-state index contributed by atoms with van der Waals surface area (Å²) in [6, 6.07) is 7.41. The van der Waals surface area contributed by atoms with Crippen LogP contribution in [0.5, 0.6) is 0 Å². The summed E-state index contributed by atoms with van der Waals surface area (Å²) in [6.07, 6.45) is 1.47. The number of nitrogens with zero attached hydrogens (tertiary/aromatic N) is 1. The van der Waals surface area contributed by atoms with E-state index in [0.29, 0.717) is 5.56 Å². The van der Waals surface area contributed by atoms with Crippen molar-refractivity contribution in [1.82, 2.24) is 0 Å². The SMILES string of the molecule is N/C(=N/O)c1coc2ccccc12. The van der Waals surface area contributed by atoms with Gasteiger partial charge in [0.05, 0.1) is 5.56 Å². The second kappa shape index (κ2) is 2.82. The van der Waals surface area contributed by atoms with Crippen LogP contribution >= 0.6 is 0 Å². The van der Waals surface area contributed by atoms with Crippen LogP contribution in [-0.4, -0.2) is 11.0 Å². The molecule has 0 atom stereocenters.